The van der Waals surface area contributed by atoms with Gasteiger partial charge in [0.25, 0.3) is 0 Å². The summed E-state index contributed by atoms with van der Waals surface area (Å²) in [5.41, 5.74) is 1.04. The number of rotatable bonds is 3. The summed E-state index contributed by atoms with van der Waals surface area (Å²) in [7, 11) is 0. The van der Waals surface area contributed by atoms with Crippen molar-refractivity contribution in [2.75, 3.05) is 51.1 Å². The van der Waals surface area contributed by atoms with Gasteiger partial charge in [-0.25, -0.2) is 4.39 Å². The molecule has 150 valence electrons. The van der Waals surface area contributed by atoms with Crippen LogP contribution in [-0.2, 0) is 14.4 Å². The SMILES string of the molecule is O=C1CC(C(=O)N2CCN(CC(=O)N3CCCC3)CC2)c2ccc(F)cc2N1. The van der Waals surface area contributed by atoms with E-state index in [0.717, 1.165) is 25.9 Å². The number of likely N-dealkylation sites (tertiary alicyclic amines) is 1. The molecule has 0 aromatic heterocycles. The molecule has 3 heterocycles. The third-order valence-corrected chi connectivity index (χ3v) is 5.85. The molecule has 1 aromatic carbocycles. The van der Waals surface area contributed by atoms with E-state index >= 15 is 0 Å². The maximum Gasteiger partial charge on any atom is 0.236 e. The van der Waals surface area contributed by atoms with Crippen molar-refractivity contribution in [3.8, 4) is 0 Å². The number of fused-ring (bicyclic) bond motifs is 1. The molecule has 2 saturated heterocycles. The fraction of sp³-hybridized carbons (Fsp3) is 0.550. The zero-order valence-electron chi connectivity index (χ0n) is 15.8. The Kier molecular flexibility index (Phi) is 5.30. The highest BCUT2D eigenvalue weighted by Crippen LogP contribution is 2.34. The lowest BCUT2D eigenvalue weighted by Crippen LogP contribution is -2.52. The Morgan fingerprint density at radius 1 is 1.04 bits per heavy atom. The highest BCUT2D eigenvalue weighted by Gasteiger charge is 2.35. The lowest BCUT2D eigenvalue weighted by atomic mass is 9.89. The first-order valence-corrected chi connectivity index (χ1v) is 9.89. The van der Waals surface area contributed by atoms with Gasteiger partial charge in [-0.1, -0.05) is 6.07 Å². The summed E-state index contributed by atoms with van der Waals surface area (Å²) in [6.07, 6.45) is 2.23. The second-order valence-corrected chi connectivity index (χ2v) is 7.73. The second-order valence-electron chi connectivity index (χ2n) is 7.73. The molecule has 1 unspecified atom stereocenters. The predicted octanol–water partition coefficient (Wildman–Crippen LogP) is 1.02. The van der Waals surface area contributed by atoms with Crippen molar-refractivity contribution in [3.63, 3.8) is 0 Å². The summed E-state index contributed by atoms with van der Waals surface area (Å²) >= 11 is 0. The topological polar surface area (TPSA) is 73.0 Å². The van der Waals surface area contributed by atoms with E-state index in [0.29, 0.717) is 44.0 Å². The number of nitrogens with zero attached hydrogens (tertiary/aromatic N) is 3. The summed E-state index contributed by atoms with van der Waals surface area (Å²) in [5.74, 6) is -1.23. The first-order valence-electron chi connectivity index (χ1n) is 9.89. The average Bonchev–Trinajstić information content (AvgIpc) is 3.22. The highest BCUT2D eigenvalue weighted by molar-refractivity contribution is 6.01. The van der Waals surface area contributed by atoms with E-state index in [1.165, 1.54) is 12.1 Å². The van der Waals surface area contributed by atoms with E-state index < -0.39 is 11.7 Å². The van der Waals surface area contributed by atoms with E-state index in [9.17, 15) is 18.8 Å². The molecule has 0 bridgehead atoms. The number of amides is 3. The fourth-order valence-electron chi connectivity index (χ4n) is 4.26. The van der Waals surface area contributed by atoms with E-state index in [-0.39, 0.29) is 24.1 Å². The Hall–Kier alpha value is -2.48. The van der Waals surface area contributed by atoms with Crippen LogP contribution >= 0.6 is 0 Å². The van der Waals surface area contributed by atoms with E-state index in [4.69, 9.17) is 0 Å². The molecule has 0 spiro atoms. The Bertz CT molecular complexity index is 786. The molecular formula is C20H25FN4O3. The first-order chi connectivity index (χ1) is 13.5. The van der Waals surface area contributed by atoms with Gasteiger partial charge in [0.2, 0.25) is 17.7 Å². The van der Waals surface area contributed by atoms with Gasteiger partial charge in [-0.2, -0.15) is 0 Å². The summed E-state index contributed by atoms with van der Waals surface area (Å²) < 4.78 is 13.5. The van der Waals surface area contributed by atoms with Gasteiger partial charge in [-0.3, -0.25) is 19.3 Å². The number of piperazine rings is 1. The third kappa shape index (κ3) is 3.87. The summed E-state index contributed by atoms with van der Waals surface area (Å²) in [5, 5.41) is 2.64. The van der Waals surface area contributed by atoms with E-state index in [2.05, 4.69) is 10.2 Å². The van der Waals surface area contributed by atoms with Crippen LogP contribution in [0.25, 0.3) is 0 Å². The molecule has 3 aliphatic heterocycles. The zero-order chi connectivity index (χ0) is 19.7. The molecule has 3 amide bonds. The molecule has 28 heavy (non-hydrogen) atoms. The monoisotopic (exact) mass is 388 g/mol. The standard InChI is InChI=1S/C20H25FN4O3/c21-14-3-4-15-16(12-18(26)22-17(15)11-14)20(28)25-9-7-23(8-10-25)13-19(27)24-5-1-2-6-24/h3-4,11,16H,1-2,5-10,12-13H2,(H,22,26). The molecule has 3 aliphatic rings. The van der Waals surface area contributed by atoms with Gasteiger partial charge in [0.1, 0.15) is 5.82 Å². The van der Waals surface area contributed by atoms with Gasteiger partial charge in [0, 0.05) is 51.4 Å². The maximum atomic E-state index is 13.5. The molecule has 0 saturated carbocycles. The molecule has 2 fully saturated rings. The van der Waals surface area contributed by atoms with Gasteiger partial charge in [-0.15, -0.1) is 0 Å². The quantitative estimate of drug-likeness (QED) is 0.839. The van der Waals surface area contributed by atoms with Crippen LogP contribution in [0.15, 0.2) is 18.2 Å². The lowest BCUT2D eigenvalue weighted by Gasteiger charge is -2.37. The molecule has 1 N–H and O–H groups in total. The average molecular weight is 388 g/mol. The van der Waals surface area contributed by atoms with Crippen LogP contribution in [0.5, 0.6) is 0 Å². The van der Waals surface area contributed by atoms with Gasteiger partial charge >= 0.3 is 0 Å². The van der Waals surface area contributed by atoms with Gasteiger partial charge < -0.3 is 15.1 Å². The van der Waals surface area contributed by atoms with Crippen LogP contribution in [0.3, 0.4) is 0 Å². The molecule has 1 aromatic rings. The summed E-state index contributed by atoms with van der Waals surface area (Å²) in [6, 6.07) is 4.16. The molecule has 0 aliphatic carbocycles. The van der Waals surface area contributed by atoms with Gasteiger partial charge in [0.15, 0.2) is 0 Å². The molecule has 7 nitrogen and oxygen atoms in total. The maximum absolute atomic E-state index is 13.5. The summed E-state index contributed by atoms with van der Waals surface area (Å²) in [4.78, 5) is 43.1. The van der Waals surface area contributed by atoms with Crippen molar-refractivity contribution in [2.24, 2.45) is 0 Å². The van der Waals surface area contributed by atoms with E-state index in [1.54, 1.807) is 11.0 Å². The predicted molar refractivity (Wildman–Crippen MR) is 101 cm³/mol. The minimum absolute atomic E-state index is 0.0745. The number of carbonyl (C=O) groups is 3. The van der Waals surface area contributed by atoms with Gasteiger partial charge in [0.05, 0.1) is 12.5 Å². The first kappa shape index (κ1) is 18.9. The van der Waals surface area contributed by atoms with Crippen molar-refractivity contribution >= 4 is 23.4 Å². The van der Waals surface area contributed by atoms with Crippen LogP contribution in [0, 0.1) is 5.82 Å². The minimum atomic E-state index is -0.581. The number of nitrogens with one attached hydrogen (secondary N) is 1. The van der Waals surface area contributed by atoms with Crippen LogP contribution in [-0.4, -0.2) is 78.2 Å². The number of carbonyl (C=O) groups excluding carboxylic acids is 3. The fourth-order valence-corrected chi connectivity index (χ4v) is 4.26. The highest BCUT2D eigenvalue weighted by atomic mass is 19.1. The van der Waals surface area contributed by atoms with Crippen molar-refractivity contribution in [1.82, 2.24) is 14.7 Å². The summed E-state index contributed by atoms with van der Waals surface area (Å²) in [6.45, 7) is 4.43. The smallest absolute Gasteiger partial charge is 0.236 e. The van der Waals surface area contributed by atoms with Crippen molar-refractivity contribution in [2.45, 2.75) is 25.2 Å². The Morgan fingerprint density at radius 3 is 2.46 bits per heavy atom. The largest absolute Gasteiger partial charge is 0.342 e. The molecule has 8 heteroatoms. The number of hydrogen-bond donors (Lipinski definition) is 1. The number of anilines is 1. The second kappa shape index (κ2) is 7.87. The Morgan fingerprint density at radius 2 is 1.75 bits per heavy atom. The van der Waals surface area contributed by atoms with Crippen molar-refractivity contribution < 1.29 is 18.8 Å². The van der Waals surface area contributed by atoms with Crippen LogP contribution in [0.2, 0.25) is 0 Å². The van der Waals surface area contributed by atoms with Crippen LogP contribution in [0.1, 0.15) is 30.7 Å². The van der Waals surface area contributed by atoms with Crippen molar-refractivity contribution in [1.29, 1.82) is 0 Å². The number of hydrogen-bond acceptors (Lipinski definition) is 4. The van der Waals surface area contributed by atoms with Gasteiger partial charge in [-0.05, 0) is 30.5 Å². The molecule has 1 atom stereocenters. The normalized spacial score (nSPS) is 22.8. The Labute approximate surface area is 163 Å². The zero-order valence-corrected chi connectivity index (χ0v) is 15.8. The lowest BCUT2D eigenvalue weighted by molar-refractivity contribution is -0.137. The molecule has 0 radical (unpaired) electrons. The minimum Gasteiger partial charge on any atom is -0.342 e. The Balaban J connectivity index is 1.36. The van der Waals surface area contributed by atoms with Crippen LogP contribution in [0.4, 0.5) is 10.1 Å². The number of halogens is 1. The third-order valence-electron chi connectivity index (χ3n) is 5.85. The van der Waals surface area contributed by atoms with Crippen molar-refractivity contribution in [3.05, 3.63) is 29.6 Å². The molecular weight excluding hydrogens is 363 g/mol. The van der Waals surface area contributed by atoms with Crippen LogP contribution < -0.4 is 5.32 Å². The molecule has 4 rings (SSSR count). The van der Waals surface area contributed by atoms with E-state index in [1.807, 2.05) is 4.90 Å². The number of benzene rings is 1.